The standard InChI is InChI=1S/C22H31ClN6/c23-19-3-1-4-20(17-19)29-15-13-28(14-16-29)10-2-9-27-11-6-18(7-12-27)21-5-8-25-22(24)26-21/h1,3-5,8,17-18H,2,6-7,9-16H2,(H2,24,25,26). The highest BCUT2D eigenvalue weighted by Gasteiger charge is 2.22. The Hall–Kier alpha value is -1.89. The van der Waals surface area contributed by atoms with Crippen LogP contribution in [-0.2, 0) is 0 Å². The predicted octanol–water partition coefficient (Wildman–Crippen LogP) is 3.10. The Morgan fingerprint density at radius 2 is 1.69 bits per heavy atom. The monoisotopic (exact) mass is 414 g/mol. The molecule has 1 aromatic heterocycles. The third-order valence-corrected chi connectivity index (χ3v) is 6.43. The molecule has 7 heteroatoms. The summed E-state index contributed by atoms with van der Waals surface area (Å²) in [5.74, 6) is 0.913. The molecule has 29 heavy (non-hydrogen) atoms. The average molecular weight is 415 g/mol. The summed E-state index contributed by atoms with van der Waals surface area (Å²) in [5, 5.41) is 0.817. The molecular formula is C22H31ClN6. The largest absolute Gasteiger partial charge is 0.369 e. The van der Waals surface area contributed by atoms with Gasteiger partial charge in [0.25, 0.3) is 0 Å². The van der Waals surface area contributed by atoms with E-state index in [1.807, 2.05) is 18.2 Å². The lowest BCUT2D eigenvalue weighted by atomic mass is 9.93. The molecule has 1 aromatic carbocycles. The van der Waals surface area contributed by atoms with Gasteiger partial charge in [-0.2, -0.15) is 0 Å². The van der Waals surface area contributed by atoms with E-state index >= 15 is 0 Å². The molecule has 2 saturated heterocycles. The number of hydrogen-bond acceptors (Lipinski definition) is 6. The number of rotatable bonds is 6. The minimum absolute atomic E-state index is 0.389. The molecule has 2 aliphatic rings. The first-order valence-electron chi connectivity index (χ1n) is 10.7. The van der Waals surface area contributed by atoms with Crippen LogP contribution in [0.5, 0.6) is 0 Å². The summed E-state index contributed by atoms with van der Waals surface area (Å²) in [6, 6.07) is 10.2. The van der Waals surface area contributed by atoms with Crippen molar-refractivity contribution >= 4 is 23.2 Å². The number of piperidine rings is 1. The number of benzene rings is 1. The first kappa shape index (κ1) is 20.4. The molecule has 156 valence electrons. The summed E-state index contributed by atoms with van der Waals surface area (Å²) < 4.78 is 0. The molecule has 0 radical (unpaired) electrons. The van der Waals surface area contributed by atoms with Crippen LogP contribution in [0, 0.1) is 0 Å². The van der Waals surface area contributed by atoms with E-state index in [1.54, 1.807) is 6.20 Å². The Kier molecular flexibility index (Phi) is 6.85. The van der Waals surface area contributed by atoms with Crippen molar-refractivity contribution in [1.82, 2.24) is 19.8 Å². The lowest BCUT2D eigenvalue weighted by Gasteiger charge is -2.37. The van der Waals surface area contributed by atoms with Crippen LogP contribution in [-0.4, -0.2) is 72.1 Å². The fourth-order valence-electron chi connectivity index (χ4n) is 4.49. The Morgan fingerprint density at radius 1 is 0.966 bits per heavy atom. The van der Waals surface area contributed by atoms with Crippen LogP contribution in [0.2, 0.25) is 5.02 Å². The van der Waals surface area contributed by atoms with Gasteiger partial charge in [0.05, 0.1) is 0 Å². The van der Waals surface area contributed by atoms with Crippen LogP contribution < -0.4 is 10.6 Å². The molecule has 2 aliphatic heterocycles. The van der Waals surface area contributed by atoms with Crippen molar-refractivity contribution in [2.45, 2.75) is 25.2 Å². The van der Waals surface area contributed by atoms with Crippen LogP contribution in [0.15, 0.2) is 36.5 Å². The fourth-order valence-corrected chi connectivity index (χ4v) is 4.67. The maximum atomic E-state index is 6.13. The SMILES string of the molecule is Nc1nccc(C2CCN(CCCN3CCN(c4cccc(Cl)c4)CC3)CC2)n1. The number of nitrogen functional groups attached to an aromatic ring is 1. The average Bonchev–Trinajstić information content (AvgIpc) is 2.75. The first-order chi connectivity index (χ1) is 14.2. The molecule has 0 spiro atoms. The Morgan fingerprint density at radius 3 is 2.38 bits per heavy atom. The quantitative estimate of drug-likeness (QED) is 0.783. The van der Waals surface area contributed by atoms with Gasteiger partial charge in [0, 0.05) is 54.7 Å². The molecule has 2 aromatic rings. The first-order valence-corrected chi connectivity index (χ1v) is 11.1. The van der Waals surface area contributed by atoms with Gasteiger partial charge in [-0.25, -0.2) is 9.97 Å². The topological polar surface area (TPSA) is 61.5 Å². The minimum Gasteiger partial charge on any atom is -0.369 e. The maximum absolute atomic E-state index is 6.13. The van der Waals surface area contributed by atoms with E-state index in [9.17, 15) is 0 Å². The second-order valence-electron chi connectivity index (χ2n) is 8.12. The minimum atomic E-state index is 0.389. The van der Waals surface area contributed by atoms with E-state index in [0.717, 1.165) is 62.8 Å². The van der Waals surface area contributed by atoms with E-state index in [1.165, 1.54) is 25.2 Å². The molecule has 0 bridgehead atoms. The highest BCUT2D eigenvalue weighted by molar-refractivity contribution is 6.30. The molecule has 0 unspecified atom stereocenters. The number of anilines is 2. The lowest BCUT2D eigenvalue weighted by Crippen LogP contribution is -2.47. The third kappa shape index (κ3) is 5.59. The molecule has 3 heterocycles. The van der Waals surface area contributed by atoms with E-state index in [-0.39, 0.29) is 0 Å². The van der Waals surface area contributed by atoms with Crippen molar-refractivity contribution in [2.75, 3.05) is 63.0 Å². The van der Waals surface area contributed by atoms with Crippen molar-refractivity contribution in [2.24, 2.45) is 0 Å². The van der Waals surface area contributed by atoms with Gasteiger partial charge in [-0.3, -0.25) is 4.90 Å². The Balaban J connectivity index is 1.14. The van der Waals surface area contributed by atoms with Gasteiger partial charge in [-0.05, 0) is 69.7 Å². The number of aromatic nitrogens is 2. The number of halogens is 1. The summed E-state index contributed by atoms with van der Waals surface area (Å²) in [4.78, 5) is 16.0. The van der Waals surface area contributed by atoms with Gasteiger partial charge in [-0.15, -0.1) is 0 Å². The molecule has 6 nitrogen and oxygen atoms in total. The Labute approximate surface area is 178 Å². The van der Waals surface area contributed by atoms with Crippen LogP contribution in [0.4, 0.5) is 11.6 Å². The van der Waals surface area contributed by atoms with Gasteiger partial charge >= 0.3 is 0 Å². The zero-order valence-electron chi connectivity index (χ0n) is 17.0. The van der Waals surface area contributed by atoms with Crippen LogP contribution in [0.1, 0.15) is 30.9 Å². The van der Waals surface area contributed by atoms with Crippen LogP contribution >= 0.6 is 11.6 Å². The summed E-state index contributed by atoms with van der Waals surface area (Å²) in [7, 11) is 0. The van der Waals surface area contributed by atoms with Crippen molar-refractivity contribution in [1.29, 1.82) is 0 Å². The van der Waals surface area contributed by atoms with E-state index in [0.29, 0.717) is 11.9 Å². The van der Waals surface area contributed by atoms with Gasteiger partial charge in [0.2, 0.25) is 5.95 Å². The molecule has 0 aliphatic carbocycles. The highest BCUT2D eigenvalue weighted by Crippen LogP contribution is 2.27. The number of likely N-dealkylation sites (tertiary alicyclic amines) is 1. The third-order valence-electron chi connectivity index (χ3n) is 6.20. The number of piperazine rings is 1. The molecule has 0 atom stereocenters. The summed E-state index contributed by atoms with van der Waals surface area (Å²) in [6.45, 7) is 9.09. The van der Waals surface area contributed by atoms with Crippen molar-refractivity contribution in [3.05, 3.63) is 47.2 Å². The van der Waals surface area contributed by atoms with Crippen molar-refractivity contribution in [3.63, 3.8) is 0 Å². The highest BCUT2D eigenvalue weighted by atomic mass is 35.5. The van der Waals surface area contributed by atoms with Crippen molar-refractivity contribution < 1.29 is 0 Å². The summed E-state index contributed by atoms with van der Waals surface area (Å²) >= 11 is 6.13. The van der Waals surface area contributed by atoms with E-state index in [2.05, 4.69) is 36.8 Å². The predicted molar refractivity (Wildman–Crippen MR) is 120 cm³/mol. The molecule has 4 rings (SSSR count). The lowest BCUT2D eigenvalue weighted by molar-refractivity contribution is 0.187. The van der Waals surface area contributed by atoms with E-state index in [4.69, 9.17) is 17.3 Å². The second kappa shape index (κ2) is 9.74. The summed E-state index contributed by atoms with van der Waals surface area (Å²) in [5.41, 5.74) is 8.08. The zero-order valence-corrected chi connectivity index (χ0v) is 17.8. The summed E-state index contributed by atoms with van der Waals surface area (Å²) in [6.07, 6.45) is 5.34. The fraction of sp³-hybridized carbons (Fsp3) is 0.545. The number of nitrogens with two attached hydrogens (primary N) is 1. The molecule has 0 amide bonds. The molecule has 2 N–H and O–H groups in total. The van der Waals surface area contributed by atoms with Crippen LogP contribution in [0.25, 0.3) is 0 Å². The molecule has 0 saturated carbocycles. The van der Waals surface area contributed by atoms with Gasteiger partial charge < -0.3 is 15.5 Å². The van der Waals surface area contributed by atoms with Gasteiger partial charge in [-0.1, -0.05) is 17.7 Å². The van der Waals surface area contributed by atoms with E-state index < -0.39 is 0 Å². The van der Waals surface area contributed by atoms with Crippen molar-refractivity contribution in [3.8, 4) is 0 Å². The zero-order chi connectivity index (χ0) is 20.1. The Bertz CT molecular complexity index is 719. The second-order valence-corrected chi connectivity index (χ2v) is 8.55. The maximum Gasteiger partial charge on any atom is 0.220 e. The van der Waals surface area contributed by atoms with Gasteiger partial charge in [0.1, 0.15) is 0 Å². The number of nitrogens with zero attached hydrogens (tertiary/aromatic N) is 5. The smallest absolute Gasteiger partial charge is 0.220 e. The number of hydrogen-bond donors (Lipinski definition) is 1. The van der Waals surface area contributed by atoms with Crippen LogP contribution in [0.3, 0.4) is 0 Å². The normalized spacial score (nSPS) is 19.6. The molecular weight excluding hydrogens is 384 g/mol. The van der Waals surface area contributed by atoms with Gasteiger partial charge in [0.15, 0.2) is 0 Å². The molecule has 2 fully saturated rings.